The summed E-state index contributed by atoms with van der Waals surface area (Å²) in [4.78, 5) is 36.8. The van der Waals surface area contributed by atoms with E-state index in [1.54, 1.807) is 13.8 Å². The van der Waals surface area contributed by atoms with Crippen LogP contribution in [0.1, 0.15) is 47.3 Å². The number of nitrogens with one attached hydrogen (secondary N) is 3. The maximum absolute atomic E-state index is 12.0. The Morgan fingerprint density at radius 3 is 2.64 bits per heavy atom. The van der Waals surface area contributed by atoms with Gasteiger partial charge >= 0.3 is 11.8 Å². The number of hydrogen-bond acceptors (Lipinski definition) is 4. The van der Waals surface area contributed by atoms with Gasteiger partial charge in [0, 0.05) is 10.9 Å². The highest BCUT2D eigenvalue weighted by molar-refractivity contribution is 7.14. The number of aryl methyl sites for hydroxylation is 1. The summed E-state index contributed by atoms with van der Waals surface area (Å²) in [6.45, 7) is 5.70. The van der Waals surface area contributed by atoms with Crippen molar-refractivity contribution in [2.24, 2.45) is 5.92 Å². The Kier molecular flexibility index (Phi) is 5.18. The molecule has 2 rings (SSSR count). The number of rotatable bonds is 2. The van der Waals surface area contributed by atoms with E-state index in [0.717, 1.165) is 19.3 Å². The van der Waals surface area contributed by atoms with Crippen molar-refractivity contribution in [3.63, 3.8) is 0 Å². The zero-order chi connectivity index (χ0) is 16.3. The summed E-state index contributed by atoms with van der Waals surface area (Å²) in [7, 11) is 0. The van der Waals surface area contributed by atoms with E-state index < -0.39 is 17.7 Å². The molecule has 22 heavy (non-hydrogen) atoms. The minimum Gasteiger partial charge on any atom is -0.346 e. The minimum atomic E-state index is -0.878. The Morgan fingerprint density at radius 1 is 1.23 bits per heavy atom. The summed E-state index contributed by atoms with van der Waals surface area (Å²) in [5, 5.41) is 2.45. The van der Waals surface area contributed by atoms with Gasteiger partial charge in [-0.2, -0.15) is 0 Å². The zero-order valence-electron chi connectivity index (χ0n) is 13.0. The first-order chi connectivity index (χ1) is 10.4. The van der Waals surface area contributed by atoms with E-state index in [1.165, 1.54) is 21.8 Å². The van der Waals surface area contributed by atoms with Gasteiger partial charge < -0.3 is 5.32 Å². The summed E-state index contributed by atoms with van der Waals surface area (Å²) in [5.74, 6) is -1.40. The summed E-state index contributed by atoms with van der Waals surface area (Å²) < 4.78 is 0. The Balaban J connectivity index is 1.90. The van der Waals surface area contributed by atoms with Gasteiger partial charge in [-0.05, 0) is 50.7 Å². The van der Waals surface area contributed by atoms with Gasteiger partial charge in [-0.1, -0.05) is 6.92 Å². The van der Waals surface area contributed by atoms with E-state index in [-0.39, 0.29) is 6.04 Å². The number of hydrogen-bond donors (Lipinski definition) is 3. The van der Waals surface area contributed by atoms with Crippen LogP contribution in [0.3, 0.4) is 0 Å². The molecule has 1 aromatic heterocycles. The Morgan fingerprint density at radius 2 is 1.95 bits per heavy atom. The molecule has 0 fully saturated rings. The fraction of sp³-hybridized carbons (Fsp3) is 0.533. The van der Waals surface area contributed by atoms with Gasteiger partial charge in [-0.15, -0.1) is 11.3 Å². The molecule has 3 N–H and O–H groups in total. The smallest absolute Gasteiger partial charge is 0.327 e. The second kappa shape index (κ2) is 6.91. The lowest BCUT2D eigenvalue weighted by Gasteiger charge is -2.16. The third-order valence-electron chi connectivity index (χ3n) is 3.47. The van der Waals surface area contributed by atoms with E-state index in [0.29, 0.717) is 10.8 Å². The van der Waals surface area contributed by atoms with Gasteiger partial charge in [0.2, 0.25) is 0 Å². The van der Waals surface area contributed by atoms with E-state index in [2.05, 4.69) is 23.1 Å². The quantitative estimate of drug-likeness (QED) is 0.564. The molecule has 0 aromatic carbocycles. The standard InChI is InChI=1S/C15H21N3O3S/c1-8(2)16-14(20)15(21)18-17-13(19)12-7-10-6-9(3)4-5-11(10)22-12/h7-9H,4-6H2,1-3H3,(H,16,20)(H,17,19)(H,18,21)/t9-/m1/s1. The van der Waals surface area contributed by atoms with Crippen molar-refractivity contribution in [1.82, 2.24) is 16.2 Å². The number of carbonyl (C=O) groups is 3. The molecule has 7 heteroatoms. The molecule has 1 heterocycles. The zero-order valence-corrected chi connectivity index (χ0v) is 13.8. The van der Waals surface area contributed by atoms with Crippen LogP contribution in [-0.4, -0.2) is 23.8 Å². The summed E-state index contributed by atoms with van der Waals surface area (Å²) in [6, 6.07) is 1.74. The van der Waals surface area contributed by atoms with E-state index in [1.807, 2.05) is 6.07 Å². The van der Waals surface area contributed by atoms with Crippen LogP contribution in [0.15, 0.2) is 6.07 Å². The lowest BCUT2D eigenvalue weighted by atomic mass is 9.90. The largest absolute Gasteiger partial charge is 0.346 e. The van der Waals surface area contributed by atoms with Crippen LogP contribution in [0.4, 0.5) is 0 Å². The monoisotopic (exact) mass is 323 g/mol. The number of hydrazine groups is 1. The van der Waals surface area contributed by atoms with Crippen LogP contribution in [0.2, 0.25) is 0 Å². The van der Waals surface area contributed by atoms with Crippen LogP contribution in [0.5, 0.6) is 0 Å². The highest BCUT2D eigenvalue weighted by Crippen LogP contribution is 2.31. The Labute approximate surface area is 133 Å². The molecule has 0 saturated heterocycles. The van der Waals surface area contributed by atoms with E-state index in [9.17, 15) is 14.4 Å². The molecule has 0 unspecified atom stereocenters. The number of amides is 3. The molecule has 0 spiro atoms. The number of fused-ring (bicyclic) bond motifs is 1. The fourth-order valence-corrected chi connectivity index (χ4v) is 3.48. The topological polar surface area (TPSA) is 87.3 Å². The number of carbonyl (C=O) groups excluding carboxylic acids is 3. The van der Waals surface area contributed by atoms with Crippen LogP contribution >= 0.6 is 11.3 Å². The second-order valence-corrected chi connectivity index (χ2v) is 7.08. The molecule has 0 radical (unpaired) electrons. The average molecular weight is 323 g/mol. The first kappa shape index (κ1) is 16.5. The van der Waals surface area contributed by atoms with Crippen molar-refractivity contribution in [1.29, 1.82) is 0 Å². The van der Waals surface area contributed by atoms with Crippen LogP contribution in [-0.2, 0) is 22.4 Å². The Bertz CT molecular complexity index is 595. The van der Waals surface area contributed by atoms with Gasteiger partial charge in [0.25, 0.3) is 5.91 Å². The van der Waals surface area contributed by atoms with Crippen molar-refractivity contribution in [3.8, 4) is 0 Å². The molecule has 1 atom stereocenters. The van der Waals surface area contributed by atoms with E-state index in [4.69, 9.17) is 0 Å². The van der Waals surface area contributed by atoms with Gasteiger partial charge in [0.05, 0.1) is 4.88 Å². The van der Waals surface area contributed by atoms with Crippen molar-refractivity contribution in [2.45, 2.75) is 46.1 Å². The SMILES string of the molecule is CC(C)NC(=O)C(=O)NNC(=O)c1cc2c(s1)CC[C@@H](C)C2. The lowest BCUT2D eigenvalue weighted by molar-refractivity contribution is -0.139. The van der Waals surface area contributed by atoms with Gasteiger partial charge in [-0.3, -0.25) is 25.2 Å². The highest BCUT2D eigenvalue weighted by Gasteiger charge is 2.21. The third-order valence-corrected chi connectivity index (χ3v) is 4.70. The minimum absolute atomic E-state index is 0.139. The van der Waals surface area contributed by atoms with Crippen LogP contribution < -0.4 is 16.2 Å². The fourth-order valence-electron chi connectivity index (χ4n) is 2.38. The van der Waals surface area contributed by atoms with Crippen molar-refractivity contribution in [3.05, 3.63) is 21.4 Å². The van der Waals surface area contributed by atoms with Gasteiger partial charge in [-0.25, -0.2) is 0 Å². The van der Waals surface area contributed by atoms with Gasteiger partial charge in [0.15, 0.2) is 0 Å². The third kappa shape index (κ3) is 4.07. The summed E-state index contributed by atoms with van der Waals surface area (Å²) in [6.07, 6.45) is 3.13. The molecule has 1 aliphatic rings. The molecule has 0 aliphatic heterocycles. The first-order valence-electron chi connectivity index (χ1n) is 7.39. The summed E-state index contributed by atoms with van der Waals surface area (Å²) in [5.41, 5.74) is 5.64. The molecule has 120 valence electrons. The van der Waals surface area contributed by atoms with Crippen molar-refractivity contribution in [2.75, 3.05) is 0 Å². The highest BCUT2D eigenvalue weighted by atomic mass is 32.1. The molecule has 1 aliphatic carbocycles. The predicted octanol–water partition coefficient (Wildman–Crippen LogP) is 1.16. The molecular formula is C15H21N3O3S. The first-order valence-corrected chi connectivity index (χ1v) is 8.21. The lowest BCUT2D eigenvalue weighted by Crippen LogP contribution is -2.49. The number of thiophene rings is 1. The van der Waals surface area contributed by atoms with Crippen molar-refractivity contribution >= 4 is 29.1 Å². The molecule has 1 aromatic rings. The molecule has 0 saturated carbocycles. The predicted molar refractivity (Wildman–Crippen MR) is 84.4 cm³/mol. The normalized spacial score (nSPS) is 16.8. The molecular weight excluding hydrogens is 302 g/mol. The summed E-state index contributed by atoms with van der Waals surface area (Å²) >= 11 is 1.45. The Hall–Kier alpha value is -1.89. The second-order valence-electron chi connectivity index (χ2n) is 5.94. The maximum Gasteiger partial charge on any atom is 0.327 e. The van der Waals surface area contributed by atoms with Gasteiger partial charge in [0.1, 0.15) is 0 Å². The molecule has 3 amide bonds. The van der Waals surface area contributed by atoms with Crippen LogP contribution in [0, 0.1) is 5.92 Å². The average Bonchev–Trinajstić information content (AvgIpc) is 2.86. The van der Waals surface area contributed by atoms with E-state index >= 15 is 0 Å². The van der Waals surface area contributed by atoms with Crippen LogP contribution in [0.25, 0.3) is 0 Å². The molecule has 0 bridgehead atoms. The van der Waals surface area contributed by atoms with Crippen molar-refractivity contribution < 1.29 is 14.4 Å². The molecule has 6 nitrogen and oxygen atoms in total. The maximum atomic E-state index is 12.0.